The molecule has 0 aliphatic rings. The van der Waals surface area contributed by atoms with Crippen molar-refractivity contribution in [2.24, 2.45) is 0 Å². The van der Waals surface area contributed by atoms with E-state index < -0.39 is 0 Å². The maximum Gasteiger partial charge on any atom is 0.164 e. The molecule has 0 aliphatic carbocycles. The third-order valence-electron chi connectivity index (χ3n) is 8.70. The highest BCUT2D eigenvalue weighted by molar-refractivity contribution is 6.36. The number of para-hydroxylation sites is 1. The van der Waals surface area contributed by atoms with Crippen LogP contribution in [-0.4, -0.2) is 19.5 Å². The molecule has 5 heteroatoms. The third kappa shape index (κ3) is 4.26. The molecule has 0 aliphatic heterocycles. The smallest absolute Gasteiger partial charge is 0.164 e. The van der Waals surface area contributed by atoms with Crippen molar-refractivity contribution in [3.63, 3.8) is 0 Å². The molecule has 7 aromatic carbocycles. The lowest BCUT2D eigenvalue weighted by Crippen LogP contribution is -2.01. The van der Waals surface area contributed by atoms with Crippen LogP contribution >= 0.6 is 11.6 Å². The van der Waals surface area contributed by atoms with Crippen molar-refractivity contribution in [2.75, 3.05) is 0 Å². The van der Waals surface area contributed by atoms with Crippen molar-refractivity contribution in [2.45, 2.75) is 0 Å². The second-order valence-corrected chi connectivity index (χ2v) is 11.8. The topological polar surface area (TPSA) is 43.6 Å². The average molecular weight is 609 g/mol. The van der Waals surface area contributed by atoms with Gasteiger partial charge in [0.15, 0.2) is 17.5 Å². The highest BCUT2D eigenvalue weighted by Crippen LogP contribution is 2.39. The lowest BCUT2D eigenvalue weighted by atomic mass is 10.0. The molecular formula is C41H25ClN4. The van der Waals surface area contributed by atoms with Gasteiger partial charge in [-0.15, -0.1) is 0 Å². The van der Waals surface area contributed by atoms with Gasteiger partial charge in [-0.1, -0.05) is 133 Å². The molecule has 0 radical (unpaired) electrons. The molecule has 9 rings (SSSR count). The average Bonchev–Trinajstić information content (AvgIpc) is 3.44. The largest absolute Gasteiger partial charge is 0.309 e. The molecule has 2 aromatic heterocycles. The molecule has 9 aromatic rings. The zero-order valence-electron chi connectivity index (χ0n) is 24.6. The van der Waals surface area contributed by atoms with Gasteiger partial charge < -0.3 is 4.57 Å². The van der Waals surface area contributed by atoms with Crippen LogP contribution in [0.3, 0.4) is 0 Å². The summed E-state index contributed by atoms with van der Waals surface area (Å²) in [6.07, 6.45) is 0. The van der Waals surface area contributed by atoms with Crippen molar-refractivity contribution in [1.29, 1.82) is 0 Å². The van der Waals surface area contributed by atoms with Crippen molar-refractivity contribution in [3.8, 4) is 39.9 Å². The fourth-order valence-electron chi connectivity index (χ4n) is 6.57. The van der Waals surface area contributed by atoms with Gasteiger partial charge in [-0.3, -0.25) is 0 Å². The Kier molecular flexibility index (Phi) is 6.15. The Hall–Kier alpha value is -5.84. The molecule has 0 bridgehead atoms. The first-order valence-electron chi connectivity index (χ1n) is 15.2. The van der Waals surface area contributed by atoms with E-state index >= 15 is 0 Å². The van der Waals surface area contributed by atoms with E-state index in [-0.39, 0.29) is 0 Å². The molecule has 46 heavy (non-hydrogen) atoms. The van der Waals surface area contributed by atoms with E-state index in [2.05, 4.69) is 83.4 Å². The minimum atomic E-state index is 0.637. The maximum absolute atomic E-state index is 6.66. The van der Waals surface area contributed by atoms with Crippen LogP contribution < -0.4 is 0 Å². The minimum Gasteiger partial charge on any atom is -0.309 e. The Bertz CT molecular complexity index is 2530. The number of rotatable bonds is 4. The van der Waals surface area contributed by atoms with Crippen LogP contribution in [0.2, 0.25) is 5.02 Å². The monoisotopic (exact) mass is 608 g/mol. The van der Waals surface area contributed by atoms with Crippen LogP contribution in [0.25, 0.3) is 83.2 Å². The van der Waals surface area contributed by atoms with Gasteiger partial charge in [-0.25, -0.2) is 15.0 Å². The number of benzene rings is 7. The highest BCUT2D eigenvalue weighted by Gasteiger charge is 2.18. The van der Waals surface area contributed by atoms with E-state index in [1.54, 1.807) is 0 Å². The fraction of sp³-hybridized carbons (Fsp3) is 0. The van der Waals surface area contributed by atoms with Crippen LogP contribution in [0.5, 0.6) is 0 Å². The molecule has 0 saturated carbocycles. The van der Waals surface area contributed by atoms with Crippen molar-refractivity contribution >= 4 is 55.0 Å². The summed E-state index contributed by atoms with van der Waals surface area (Å²) >= 11 is 6.66. The van der Waals surface area contributed by atoms with Gasteiger partial charge in [-0.05, 0) is 41.1 Å². The lowest BCUT2D eigenvalue weighted by Gasteiger charge is -2.14. The zero-order chi connectivity index (χ0) is 30.6. The Labute approximate surface area is 270 Å². The summed E-state index contributed by atoms with van der Waals surface area (Å²) in [6, 6.07) is 52.2. The maximum atomic E-state index is 6.66. The van der Waals surface area contributed by atoms with Gasteiger partial charge >= 0.3 is 0 Å². The first kappa shape index (κ1) is 26.6. The number of halogens is 1. The van der Waals surface area contributed by atoms with Gasteiger partial charge in [-0.2, -0.15) is 0 Å². The van der Waals surface area contributed by atoms with E-state index in [4.69, 9.17) is 26.6 Å². The molecule has 0 amide bonds. The van der Waals surface area contributed by atoms with Crippen LogP contribution in [0.15, 0.2) is 152 Å². The Balaban J connectivity index is 1.31. The summed E-state index contributed by atoms with van der Waals surface area (Å²) in [5, 5.41) is 7.45. The number of hydrogen-bond donors (Lipinski definition) is 0. The summed E-state index contributed by atoms with van der Waals surface area (Å²) < 4.78 is 2.37. The summed E-state index contributed by atoms with van der Waals surface area (Å²) in [4.78, 5) is 15.0. The van der Waals surface area contributed by atoms with Gasteiger partial charge in [0, 0.05) is 43.3 Å². The standard InChI is InChI=1S/C41H25ClN4/c42-35-21-9-16-28-24-38-34(25-33(28)35)31-17-7-8-22-36(31)46(38)37-23-11-18-29-30(37)19-10-20-32(29)41-44-39(26-12-3-1-4-13-26)43-40(45-41)27-14-5-2-6-15-27/h1-25H. The molecule has 0 spiro atoms. The predicted octanol–water partition coefficient (Wildman–Crippen LogP) is 10.9. The van der Waals surface area contributed by atoms with E-state index in [9.17, 15) is 0 Å². The van der Waals surface area contributed by atoms with Gasteiger partial charge in [0.1, 0.15) is 0 Å². The quantitative estimate of drug-likeness (QED) is 0.200. The number of nitrogens with zero attached hydrogens (tertiary/aromatic N) is 4. The Morgan fingerprint density at radius 2 is 1.02 bits per heavy atom. The van der Waals surface area contributed by atoms with Crippen molar-refractivity contribution in [1.82, 2.24) is 19.5 Å². The van der Waals surface area contributed by atoms with Crippen molar-refractivity contribution < 1.29 is 0 Å². The van der Waals surface area contributed by atoms with Crippen LogP contribution in [0, 0.1) is 0 Å². The van der Waals surface area contributed by atoms with E-state index in [0.717, 1.165) is 60.0 Å². The van der Waals surface area contributed by atoms with Crippen LogP contribution in [-0.2, 0) is 0 Å². The molecule has 216 valence electrons. The molecule has 0 fully saturated rings. The SMILES string of the molecule is Clc1cccc2cc3c(cc12)c1ccccc1n3-c1cccc2c(-c3nc(-c4ccccc4)nc(-c4ccccc4)n3)cccc12. The normalized spacial score (nSPS) is 11.6. The molecule has 0 unspecified atom stereocenters. The minimum absolute atomic E-state index is 0.637. The summed E-state index contributed by atoms with van der Waals surface area (Å²) in [5.41, 5.74) is 6.21. The molecule has 0 saturated heterocycles. The summed E-state index contributed by atoms with van der Waals surface area (Å²) in [6.45, 7) is 0. The summed E-state index contributed by atoms with van der Waals surface area (Å²) in [7, 11) is 0. The number of fused-ring (bicyclic) bond motifs is 5. The highest BCUT2D eigenvalue weighted by atomic mass is 35.5. The van der Waals surface area contributed by atoms with E-state index in [1.807, 2.05) is 72.8 Å². The zero-order valence-corrected chi connectivity index (χ0v) is 25.4. The van der Waals surface area contributed by atoms with Gasteiger partial charge in [0.25, 0.3) is 0 Å². The lowest BCUT2D eigenvalue weighted by molar-refractivity contribution is 1.08. The second kappa shape index (κ2) is 10.7. The van der Waals surface area contributed by atoms with E-state index in [1.165, 1.54) is 10.8 Å². The third-order valence-corrected chi connectivity index (χ3v) is 9.03. The summed E-state index contributed by atoms with van der Waals surface area (Å²) in [5.74, 6) is 1.93. The van der Waals surface area contributed by atoms with Gasteiger partial charge in [0.2, 0.25) is 0 Å². The molecule has 0 atom stereocenters. The second-order valence-electron chi connectivity index (χ2n) is 11.4. The Morgan fingerprint density at radius 1 is 0.413 bits per heavy atom. The molecule has 4 nitrogen and oxygen atoms in total. The predicted molar refractivity (Wildman–Crippen MR) is 190 cm³/mol. The Morgan fingerprint density at radius 3 is 1.78 bits per heavy atom. The first-order valence-corrected chi connectivity index (χ1v) is 15.6. The molecule has 0 N–H and O–H groups in total. The molecule has 2 heterocycles. The molecular weight excluding hydrogens is 584 g/mol. The van der Waals surface area contributed by atoms with E-state index in [0.29, 0.717) is 17.5 Å². The number of hydrogen-bond acceptors (Lipinski definition) is 3. The van der Waals surface area contributed by atoms with Crippen molar-refractivity contribution in [3.05, 3.63) is 157 Å². The fourth-order valence-corrected chi connectivity index (χ4v) is 6.81. The van der Waals surface area contributed by atoms with Gasteiger partial charge in [0.05, 0.1) is 16.7 Å². The first-order chi connectivity index (χ1) is 22.7. The number of aromatic nitrogens is 4. The van der Waals surface area contributed by atoms with Crippen LogP contribution in [0.4, 0.5) is 0 Å². The van der Waals surface area contributed by atoms with Crippen LogP contribution in [0.1, 0.15) is 0 Å².